The molecular weight excluding hydrogens is 154 g/mol. The van der Waals surface area contributed by atoms with Gasteiger partial charge in [0.05, 0.1) is 0 Å². The number of carbonyl (C=O) groups is 1. The Kier molecular flexibility index (Phi) is 10.3. The van der Waals surface area contributed by atoms with Gasteiger partial charge >= 0.3 is 5.97 Å². The van der Waals surface area contributed by atoms with Crippen LogP contribution in [-0.2, 0) is 9.53 Å². The molecule has 0 radical (unpaired) electrons. The average molecular weight is 166 g/mol. The van der Waals surface area contributed by atoms with Gasteiger partial charge in [-0.1, -0.05) is 18.2 Å². The summed E-state index contributed by atoms with van der Waals surface area (Å²) >= 11 is 5.26. The summed E-state index contributed by atoms with van der Waals surface area (Å²) in [5, 5.41) is 0. The Balaban J connectivity index is 0. The Morgan fingerprint density at radius 2 is 2.20 bits per heavy atom. The molecule has 0 amide bonds. The van der Waals surface area contributed by atoms with Crippen LogP contribution in [0.15, 0.2) is 12.7 Å². The second kappa shape index (κ2) is 8.46. The number of hydrogen-bond acceptors (Lipinski definition) is 3. The van der Waals surface area contributed by atoms with Gasteiger partial charge in [0.1, 0.15) is 0 Å². The van der Waals surface area contributed by atoms with Gasteiger partial charge in [0.15, 0.2) is 5.56 Å². The summed E-state index contributed by atoms with van der Waals surface area (Å²) in [5.41, 5.74) is 3.93. The van der Waals surface area contributed by atoms with Gasteiger partial charge < -0.3 is 10.5 Å². The molecule has 1 atom stereocenters. The molecule has 10 heavy (non-hydrogen) atoms. The van der Waals surface area contributed by atoms with Crippen LogP contribution in [0.5, 0.6) is 0 Å². The molecule has 0 spiro atoms. The topological polar surface area (TPSA) is 52.3 Å². The standard InChI is InChI=1S/C5H7ClO2.CH5N/c1-3-5(7)8-4(2)6;1-2/h3-4H,1H2,2H3;2H2,1H3. The fraction of sp³-hybridized carbons (Fsp3) is 0.500. The van der Waals surface area contributed by atoms with Crippen molar-refractivity contribution in [1.29, 1.82) is 0 Å². The van der Waals surface area contributed by atoms with Crippen molar-refractivity contribution in [3.05, 3.63) is 12.7 Å². The third-order valence-corrected chi connectivity index (χ3v) is 0.534. The maximum absolute atomic E-state index is 10.2. The lowest BCUT2D eigenvalue weighted by atomic mass is 10.6. The molecule has 2 N–H and O–H groups in total. The second-order valence-electron chi connectivity index (χ2n) is 1.18. The first kappa shape index (κ1) is 12.2. The van der Waals surface area contributed by atoms with Crippen molar-refractivity contribution in [2.75, 3.05) is 7.05 Å². The lowest BCUT2D eigenvalue weighted by Crippen LogP contribution is -2.05. The fourth-order valence-electron chi connectivity index (χ4n) is 0.208. The third kappa shape index (κ3) is 10.4. The highest BCUT2D eigenvalue weighted by Crippen LogP contribution is 1.95. The summed E-state index contributed by atoms with van der Waals surface area (Å²) < 4.78 is 4.41. The van der Waals surface area contributed by atoms with E-state index in [1.807, 2.05) is 0 Å². The van der Waals surface area contributed by atoms with Crippen LogP contribution in [0.1, 0.15) is 6.92 Å². The van der Waals surface area contributed by atoms with Crippen LogP contribution >= 0.6 is 11.6 Å². The molecular formula is C6H12ClNO2. The molecule has 0 aliphatic rings. The molecule has 0 heterocycles. The number of ether oxygens (including phenoxy) is 1. The second-order valence-corrected chi connectivity index (χ2v) is 1.80. The van der Waals surface area contributed by atoms with Crippen LogP contribution in [-0.4, -0.2) is 18.6 Å². The molecule has 0 fully saturated rings. The molecule has 60 valence electrons. The van der Waals surface area contributed by atoms with Gasteiger partial charge in [-0.3, -0.25) is 0 Å². The molecule has 0 bridgehead atoms. The fourth-order valence-corrected chi connectivity index (χ4v) is 0.296. The minimum absolute atomic E-state index is 0.493. The van der Waals surface area contributed by atoms with Crippen molar-refractivity contribution in [1.82, 2.24) is 0 Å². The van der Waals surface area contributed by atoms with E-state index in [4.69, 9.17) is 11.6 Å². The highest BCUT2D eigenvalue weighted by Gasteiger charge is 1.98. The molecule has 0 aromatic rings. The Morgan fingerprint density at radius 1 is 1.80 bits per heavy atom. The van der Waals surface area contributed by atoms with Crippen molar-refractivity contribution in [2.24, 2.45) is 5.73 Å². The van der Waals surface area contributed by atoms with Gasteiger partial charge in [-0.05, 0) is 14.0 Å². The minimum atomic E-state index is -0.569. The molecule has 0 rings (SSSR count). The van der Waals surface area contributed by atoms with Crippen LogP contribution < -0.4 is 5.73 Å². The van der Waals surface area contributed by atoms with E-state index < -0.39 is 11.5 Å². The van der Waals surface area contributed by atoms with E-state index in [2.05, 4.69) is 17.0 Å². The zero-order chi connectivity index (χ0) is 8.57. The Morgan fingerprint density at radius 3 is 2.30 bits per heavy atom. The molecule has 0 saturated heterocycles. The van der Waals surface area contributed by atoms with Gasteiger partial charge in [-0.25, -0.2) is 4.79 Å². The summed E-state index contributed by atoms with van der Waals surface area (Å²) in [6.45, 7) is 4.74. The normalized spacial score (nSPS) is 10.4. The largest absolute Gasteiger partial charge is 0.443 e. The molecule has 1 unspecified atom stereocenters. The van der Waals surface area contributed by atoms with E-state index in [0.717, 1.165) is 6.08 Å². The zero-order valence-electron chi connectivity index (χ0n) is 6.13. The summed E-state index contributed by atoms with van der Waals surface area (Å²) in [7, 11) is 1.50. The average Bonchev–Trinajstić information content (AvgIpc) is 1.91. The summed E-state index contributed by atoms with van der Waals surface area (Å²) in [4.78, 5) is 10.2. The minimum Gasteiger partial charge on any atom is -0.443 e. The first-order valence-corrected chi connectivity index (χ1v) is 3.15. The number of halogens is 1. The molecule has 0 saturated carbocycles. The first-order valence-electron chi connectivity index (χ1n) is 2.71. The lowest BCUT2D eigenvalue weighted by molar-refractivity contribution is -0.138. The maximum atomic E-state index is 10.2. The molecule has 0 aromatic carbocycles. The van der Waals surface area contributed by atoms with Gasteiger partial charge in [0.25, 0.3) is 0 Å². The van der Waals surface area contributed by atoms with Crippen LogP contribution in [0.25, 0.3) is 0 Å². The number of hydrogen-bond donors (Lipinski definition) is 1. The SMILES string of the molecule is C=CC(=O)OC(C)Cl.CN. The molecule has 0 aromatic heterocycles. The van der Waals surface area contributed by atoms with E-state index in [1.165, 1.54) is 7.05 Å². The van der Waals surface area contributed by atoms with E-state index in [0.29, 0.717) is 0 Å². The van der Waals surface area contributed by atoms with Gasteiger partial charge in [-0.2, -0.15) is 0 Å². The van der Waals surface area contributed by atoms with Gasteiger partial charge in [-0.15, -0.1) is 0 Å². The Bertz CT molecular complexity index is 104. The van der Waals surface area contributed by atoms with Gasteiger partial charge in [0, 0.05) is 6.08 Å². The predicted octanol–water partition coefficient (Wildman–Crippen LogP) is 0.875. The van der Waals surface area contributed by atoms with Crippen LogP contribution in [0, 0.1) is 0 Å². The van der Waals surface area contributed by atoms with Crippen LogP contribution in [0.4, 0.5) is 0 Å². The van der Waals surface area contributed by atoms with E-state index >= 15 is 0 Å². The maximum Gasteiger partial charge on any atom is 0.331 e. The van der Waals surface area contributed by atoms with Crippen LogP contribution in [0.2, 0.25) is 0 Å². The number of carbonyl (C=O) groups excluding carboxylic acids is 1. The number of alkyl halides is 1. The summed E-state index contributed by atoms with van der Waals surface area (Å²) in [6, 6.07) is 0. The molecule has 3 nitrogen and oxygen atoms in total. The number of nitrogens with two attached hydrogens (primary N) is 1. The first-order chi connectivity index (χ1) is 4.66. The Hall–Kier alpha value is -0.540. The summed E-state index contributed by atoms with van der Waals surface area (Å²) in [6.07, 6.45) is 1.07. The van der Waals surface area contributed by atoms with Crippen molar-refractivity contribution in [3.8, 4) is 0 Å². The predicted molar refractivity (Wildman–Crippen MR) is 41.7 cm³/mol. The molecule has 0 aliphatic heterocycles. The lowest BCUT2D eigenvalue weighted by Gasteiger charge is -2.00. The molecule has 0 aliphatic carbocycles. The van der Waals surface area contributed by atoms with Crippen molar-refractivity contribution in [2.45, 2.75) is 12.5 Å². The highest BCUT2D eigenvalue weighted by atomic mass is 35.5. The Labute approximate surface area is 65.8 Å². The number of rotatable bonds is 2. The monoisotopic (exact) mass is 165 g/mol. The highest BCUT2D eigenvalue weighted by molar-refractivity contribution is 6.20. The quantitative estimate of drug-likeness (QED) is 0.376. The smallest absolute Gasteiger partial charge is 0.331 e. The van der Waals surface area contributed by atoms with Crippen molar-refractivity contribution < 1.29 is 9.53 Å². The molecule has 4 heteroatoms. The van der Waals surface area contributed by atoms with Crippen molar-refractivity contribution >= 4 is 17.6 Å². The van der Waals surface area contributed by atoms with Crippen LogP contribution in [0.3, 0.4) is 0 Å². The van der Waals surface area contributed by atoms with E-state index in [1.54, 1.807) is 6.92 Å². The number of esters is 1. The van der Waals surface area contributed by atoms with Crippen molar-refractivity contribution in [3.63, 3.8) is 0 Å². The van der Waals surface area contributed by atoms with E-state index in [-0.39, 0.29) is 0 Å². The van der Waals surface area contributed by atoms with E-state index in [9.17, 15) is 4.79 Å². The van der Waals surface area contributed by atoms with Gasteiger partial charge in [0.2, 0.25) is 0 Å². The summed E-state index contributed by atoms with van der Waals surface area (Å²) in [5.74, 6) is -0.493. The zero-order valence-corrected chi connectivity index (χ0v) is 6.89. The third-order valence-electron chi connectivity index (χ3n) is 0.445.